The highest BCUT2D eigenvalue weighted by Gasteiger charge is 2.13. The quantitative estimate of drug-likeness (QED) is 0.546. The molecule has 0 fully saturated rings. The van der Waals surface area contributed by atoms with Gasteiger partial charge < -0.3 is 15.0 Å². The first-order chi connectivity index (χ1) is 7.93. The molecule has 0 aromatic rings. The molecule has 0 aromatic carbocycles. The summed E-state index contributed by atoms with van der Waals surface area (Å²) in [5, 5.41) is 3.03. The molecule has 0 bridgehead atoms. The first-order valence-corrected chi connectivity index (χ1v) is 5.65. The highest BCUT2D eigenvalue weighted by atomic mass is 16.5. The van der Waals surface area contributed by atoms with Crippen LogP contribution in [0.2, 0.25) is 0 Å². The SMILES string of the molecule is CCC(=CCNC(C)C(=O)N(C)C)C(=O)OC. The summed E-state index contributed by atoms with van der Waals surface area (Å²) in [6.45, 7) is 4.15. The molecule has 0 heterocycles. The Bertz CT molecular complexity index is 298. The molecule has 0 aliphatic heterocycles. The second-order valence-electron chi connectivity index (χ2n) is 3.94. The van der Waals surface area contributed by atoms with Gasteiger partial charge in [-0.3, -0.25) is 4.79 Å². The summed E-state index contributed by atoms with van der Waals surface area (Å²) in [7, 11) is 4.78. The van der Waals surface area contributed by atoms with Crippen LogP contribution in [0.15, 0.2) is 11.6 Å². The highest BCUT2D eigenvalue weighted by Crippen LogP contribution is 2.02. The zero-order valence-electron chi connectivity index (χ0n) is 11.2. The van der Waals surface area contributed by atoms with Crippen molar-refractivity contribution in [3.8, 4) is 0 Å². The Morgan fingerprint density at radius 2 is 2.00 bits per heavy atom. The normalized spacial score (nSPS) is 13.1. The fourth-order valence-electron chi connectivity index (χ4n) is 1.34. The molecule has 5 heteroatoms. The first-order valence-electron chi connectivity index (χ1n) is 5.65. The van der Waals surface area contributed by atoms with Gasteiger partial charge >= 0.3 is 5.97 Å². The van der Waals surface area contributed by atoms with Crippen molar-refractivity contribution in [1.82, 2.24) is 10.2 Å². The van der Waals surface area contributed by atoms with Gasteiger partial charge in [0, 0.05) is 26.2 Å². The minimum absolute atomic E-state index is 0.00881. The van der Waals surface area contributed by atoms with Gasteiger partial charge in [0.05, 0.1) is 13.2 Å². The Morgan fingerprint density at radius 1 is 1.41 bits per heavy atom. The molecule has 0 saturated carbocycles. The van der Waals surface area contributed by atoms with E-state index in [4.69, 9.17) is 0 Å². The summed E-state index contributed by atoms with van der Waals surface area (Å²) in [4.78, 5) is 24.3. The lowest BCUT2D eigenvalue weighted by atomic mass is 10.2. The van der Waals surface area contributed by atoms with Gasteiger partial charge in [-0.2, -0.15) is 0 Å². The summed E-state index contributed by atoms with van der Waals surface area (Å²) in [5.41, 5.74) is 0.615. The number of carbonyl (C=O) groups excluding carboxylic acids is 2. The van der Waals surface area contributed by atoms with Crippen LogP contribution in [0.3, 0.4) is 0 Å². The fourth-order valence-corrected chi connectivity index (χ4v) is 1.34. The van der Waals surface area contributed by atoms with Crippen LogP contribution < -0.4 is 5.32 Å². The zero-order chi connectivity index (χ0) is 13.4. The van der Waals surface area contributed by atoms with Crippen molar-refractivity contribution in [3.05, 3.63) is 11.6 Å². The van der Waals surface area contributed by atoms with Crippen molar-refractivity contribution in [3.63, 3.8) is 0 Å². The van der Waals surface area contributed by atoms with Gasteiger partial charge in [-0.1, -0.05) is 13.0 Å². The van der Waals surface area contributed by atoms with E-state index in [1.807, 2.05) is 6.92 Å². The average Bonchev–Trinajstić information content (AvgIpc) is 2.32. The predicted molar refractivity (Wildman–Crippen MR) is 66.5 cm³/mol. The molecule has 0 aliphatic carbocycles. The lowest BCUT2D eigenvalue weighted by Gasteiger charge is -2.17. The van der Waals surface area contributed by atoms with Crippen LogP contribution >= 0.6 is 0 Å². The Morgan fingerprint density at radius 3 is 2.41 bits per heavy atom. The van der Waals surface area contributed by atoms with E-state index in [0.717, 1.165) is 0 Å². The maximum Gasteiger partial charge on any atom is 0.333 e. The van der Waals surface area contributed by atoms with Crippen LogP contribution in [0, 0.1) is 0 Å². The number of nitrogens with zero attached hydrogens (tertiary/aromatic N) is 1. The lowest BCUT2D eigenvalue weighted by molar-refractivity contribution is -0.136. The molecule has 1 amide bonds. The van der Waals surface area contributed by atoms with Gasteiger partial charge in [-0.25, -0.2) is 4.79 Å². The topological polar surface area (TPSA) is 58.6 Å². The maximum atomic E-state index is 11.5. The standard InChI is InChI=1S/C12H22N2O3/c1-6-10(12(16)17-5)7-8-13-9(2)11(15)14(3)4/h7,9,13H,6,8H2,1-5H3. The number of amides is 1. The Kier molecular flexibility index (Phi) is 7.21. The maximum absolute atomic E-state index is 11.5. The average molecular weight is 242 g/mol. The third-order valence-electron chi connectivity index (χ3n) is 2.41. The molecule has 0 aromatic heterocycles. The molecule has 0 aliphatic rings. The molecule has 1 unspecified atom stereocenters. The molecular formula is C12H22N2O3. The lowest BCUT2D eigenvalue weighted by Crippen LogP contribution is -2.41. The third kappa shape index (κ3) is 5.49. The molecule has 17 heavy (non-hydrogen) atoms. The molecule has 98 valence electrons. The van der Waals surface area contributed by atoms with Crippen molar-refractivity contribution in [1.29, 1.82) is 0 Å². The summed E-state index contributed by atoms with van der Waals surface area (Å²) in [5.74, 6) is -0.310. The number of esters is 1. The van der Waals surface area contributed by atoms with E-state index in [9.17, 15) is 9.59 Å². The second kappa shape index (κ2) is 7.84. The van der Waals surface area contributed by atoms with E-state index in [1.165, 1.54) is 12.0 Å². The van der Waals surface area contributed by atoms with E-state index in [0.29, 0.717) is 18.5 Å². The molecular weight excluding hydrogens is 220 g/mol. The van der Waals surface area contributed by atoms with E-state index in [-0.39, 0.29) is 17.9 Å². The molecule has 1 atom stereocenters. The number of carbonyl (C=O) groups is 2. The van der Waals surface area contributed by atoms with Crippen molar-refractivity contribution in [2.75, 3.05) is 27.7 Å². The molecule has 5 nitrogen and oxygen atoms in total. The fraction of sp³-hybridized carbons (Fsp3) is 0.667. The summed E-state index contributed by atoms with van der Waals surface area (Å²) in [6.07, 6.45) is 2.37. The van der Waals surface area contributed by atoms with Crippen molar-refractivity contribution in [2.24, 2.45) is 0 Å². The summed E-state index contributed by atoms with van der Waals surface area (Å²) >= 11 is 0. The van der Waals surface area contributed by atoms with Gasteiger partial charge in [-0.15, -0.1) is 0 Å². The minimum atomic E-state index is -0.319. The van der Waals surface area contributed by atoms with E-state index < -0.39 is 0 Å². The van der Waals surface area contributed by atoms with Gasteiger partial charge in [-0.05, 0) is 13.3 Å². The number of hydrogen-bond acceptors (Lipinski definition) is 4. The molecule has 1 N–H and O–H groups in total. The van der Waals surface area contributed by atoms with Crippen molar-refractivity contribution in [2.45, 2.75) is 26.3 Å². The van der Waals surface area contributed by atoms with Crippen molar-refractivity contribution < 1.29 is 14.3 Å². The van der Waals surface area contributed by atoms with Crippen LogP contribution in [0.1, 0.15) is 20.3 Å². The molecule has 0 radical (unpaired) electrons. The molecule has 0 saturated heterocycles. The van der Waals surface area contributed by atoms with E-state index >= 15 is 0 Å². The monoisotopic (exact) mass is 242 g/mol. The zero-order valence-corrected chi connectivity index (χ0v) is 11.2. The Labute approximate surface area is 103 Å². The number of methoxy groups -OCH3 is 1. The van der Waals surface area contributed by atoms with Gasteiger partial charge in [0.15, 0.2) is 0 Å². The van der Waals surface area contributed by atoms with Crippen LogP contribution in [0.25, 0.3) is 0 Å². The third-order valence-corrected chi connectivity index (χ3v) is 2.41. The predicted octanol–water partition coefficient (Wildman–Crippen LogP) is 0.562. The number of nitrogens with one attached hydrogen (secondary N) is 1. The van der Waals surface area contributed by atoms with Crippen LogP contribution in [0.5, 0.6) is 0 Å². The van der Waals surface area contributed by atoms with Gasteiger partial charge in [0.25, 0.3) is 0 Å². The minimum Gasteiger partial charge on any atom is -0.466 e. The van der Waals surface area contributed by atoms with Crippen molar-refractivity contribution >= 4 is 11.9 Å². The van der Waals surface area contributed by atoms with Gasteiger partial charge in [0.2, 0.25) is 5.91 Å². The number of ether oxygens (including phenoxy) is 1. The highest BCUT2D eigenvalue weighted by molar-refractivity contribution is 5.88. The summed E-state index contributed by atoms with van der Waals surface area (Å²) in [6, 6.07) is -0.267. The smallest absolute Gasteiger partial charge is 0.333 e. The number of likely N-dealkylation sites (N-methyl/N-ethyl adjacent to an activating group) is 1. The largest absolute Gasteiger partial charge is 0.466 e. The van der Waals surface area contributed by atoms with Crippen LogP contribution in [-0.2, 0) is 14.3 Å². The first kappa shape index (κ1) is 15.6. The number of hydrogen-bond donors (Lipinski definition) is 1. The van der Waals surface area contributed by atoms with E-state index in [1.54, 1.807) is 27.1 Å². The van der Waals surface area contributed by atoms with Crippen LogP contribution in [-0.4, -0.2) is 50.6 Å². The molecule has 0 rings (SSSR count). The van der Waals surface area contributed by atoms with Crippen LogP contribution in [0.4, 0.5) is 0 Å². The number of rotatable bonds is 6. The molecule has 0 spiro atoms. The van der Waals surface area contributed by atoms with E-state index in [2.05, 4.69) is 10.1 Å². The Balaban J connectivity index is 4.24. The Hall–Kier alpha value is -1.36. The summed E-state index contributed by atoms with van der Waals surface area (Å²) < 4.78 is 4.64. The van der Waals surface area contributed by atoms with Gasteiger partial charge in [0.1, 0.15) is 0 Å². The second-order valence-corrected chi connectivity index (χ2v) is 3.94.